The number of aryl methyl sites for hydroxylation is 3. The Morgan fingerprint density at radius 2 is 2.05 bits per heavy atom. The van der Waals surface area contributed by atoms with Crippen molar-refractivity contribution in [2.75, 3.05) is 6.54 Å². The van der Waals surface area contributed by atoms with E-state index in [0.29, 0.717) is 5.02 Å². The number of halogens is 1. The Morgan fingerprint density at radius 1 is 1.35 bits per heavy atom. The van der Waals surface area contributed by atoms with E-state index in [2.05, 4.69) is 24.3 Å². The lowest BCUT2D eigenvalue weighted by Crippen LogP contribution is -2.26. The predicted molar refractivity (Wildman–Crippen MR) is 81.3 cm³/mol. The molecule has 0 amide bonds. The van der Waals surface area contributed by atoms with Gasteiger partial charge in [0, 0.05) is 12.6 Å². The van der Waals surface area contributed by atoms with Crippen molar-refractivity contribution in [2.24, 2.45) is 7.05 Å². The summed E-state index contributed by atoms with van der Waals surface area (Å²) in [6.45, 7) is 9.14. The molecule has 0 fully saturated rings. The number of hydrogen-bond donors (Lipinski definition) is 1. The number of rotatable bonds is 5. The SMILES string of the molecule is CCCNC(c1c(C)oc(C)c1C)c1c(Cl)cnn1C. The molecule has 2 rings (SSSR count). The van der Waals surface area contributed by atoms with E-state index in [9.17, 15) is 0 Å². The van der Waals surface area contributed by atoms with Crippen LogP contribution in [0.5, 0.6) is 0 Å². The van der Waals surface area contributed by atoms with Gasteiger partial charge in [-0.05, 0) is 39.3 Å². The summed E-state index contributed by atoms with van der Waals surface area (Å²) in [5, 5.41) is 8.49. The third-order valence-electron chi connectivity index (χ3n) is 3.72. The van der Waals surface area contributed by atoms with Crippen LogP contribution in [0.15, 0.2) is 10.6 Å². The van der Waals surface area contributed by atoms with Crippen molar-refractivity contribution in [1.29, 1.82) is 0 Å². The molecule has 0 radical (unpaired) electrons. The molecule has 1 unspecified atom stereocenters. The molecule has 1 N–H and O–H groups in total. The summed E-state index contributed by atoms with van der Waals surface area (Å²) in [5.41, 5.74) is 3.32. The van der Waals surface area contributed by atoms with Crippen molar-refractivity contribution in [3.8, 4) is 0 Å². The molecule has 0 saturated heterocycles. The van der Waals surface area contributed by atoms with Gasteiger partial charge >= 0.3 is 0 Å². The van der Waals surface area contributed by atoms with Gasteiger partial charge in [0.1, 0.15) is 11.5 Å². The molecule has 0 saturated carbocycles. The van der Waals surface area contributed by atoms with Gasteiger partial charge in [0.05, 0.1) is 23.0 Å². The first-order chi connectivity index (χ1) is 9.47. The Labute approximate surface area is 125 Å². The maximum atomic E-state index is 6.33. The Kier molecular flexibility index (Phi) is 4.55. The maximum absolute atomic E-state index is 6.33. The second-order valence-electron chi connectivity index (χ2n) is 5.14. The maximum Gasteiger partial charge on any atom is 0.106 e. The number of hydrogen-bond acceptors (Lipinski definition) is 3. The quantitative estimate of drug-likeness (QED) is 0.915. The van der Waals surface area contributed by atoms with Crippen LogP contribution in [0.25, 0.3) is 0 Å². The molecule has 110 valence electrons. The lowest BCUT2D eigenvalue weighted by molar-refractivity contribution is 0.488. The number of nitrogens with zero attached hydrogens (tertiary/aromatic N) is 2. The van der Waals surface area contributed by atoms with Crippen molar-refractivity contribution < 1.29 is 4.42 Å². The molecule has 0 aliphatic rings. The average molecular weight is 296 g/mol. The van der Waals surface area contributed by atoms with Gasteiger partial charge in [-0.1, -0.05) is 18.5 Å². The highest BCUT2D eigenvalue weighted by Gasteiger charge is 2.26. The fraction of sp³-hybridized carbons (Fsp3) is 0.533. The molecule has 20 heavy (non-hydrogen) atoms. The lowest BCUT2D eigenvalue weighted by atomic mass is 9.99. The summed E-state index contributed by atoms with van der Waals surface area (Å²) in [6.07, 6.45) is 2.75. The first kappa shape index (κ1) is 15.1. The van der Waals surface area contributed by atoms with E-state index in [1.165, 1.54) is 11.1 Å². The van der Waals surface area contributed by atoms with Gasteiger partial charge in [-0.25, -0.2) is 0 Å². The first-order valence-corrected chi connectivity index (χ1v) is 7.32. The number of furan rings is 1. The highest BCUT2D eigenvalue weighted by atomic mass is 35.5. The Hall–Kier alpha value is -1.26. The van der Waals surface area contributed by atoms with Crippen LogP contribution in [0, 0.1) is 20.8 Å². The molecule has 0 aliphatic carbocycles. The Balaban J connectivity index is 2.53. The van der Waals surface area contributed by atoms with E-state index in [1.807, 2.05) is 25.6 Å². The van der Waals surface area contributed by atoms with Gasteiger partial charge in [-0.15, -0.1) is 0 Å². The molecule has 0 bridgehead atoms. The highest BCUT2D eigenvalue weighted by Crippen LogP contribution is 2.34. The predicted octanol–water partition coefficient (Wildman–Crippen LogP) is 3.68. The molecule has 0 aromatic carbocycles. The molecular weight excluding hydrogens is 274 g/mol. The minimum Gasteiger partial charge on any atom is -0.466 e. The zero-order chi connectivity index (χ0) is 14.9. The van der Waals surface area contributed by atoms with Crippen LogP contribution in [-0.2, 0) is 7.05 Å². The number of aromatic nitrogens is 2. The van der Waals surface area contributed by atoms with Crippen molar-refractivity contribution in [3.05, 3.63) is 39.6 Å². The largest absolute Gasteiger partial charge is 0.466 e. The van der Waals surface area contributed by atoms with E-state index >= 15 is 0 Å². The van der Waals surface area contributed by atoms with E-state index < -0.39 is 0 Å². The Morgan fingerprint density at radius 3 is 2.50 bits per heavy atom. The van der Waals surface area contributed by atoms with Crippen LogP contribution < -0.4 is 5.32 Å². The first-order valence-electron chi connectivity index (χ1n) is 6.94. The van der Waals surface area contributed by atoms with E-state index in [-0.39, 0.29) is 6.04 Å². The molecule has 5 heteroatoms. The minimum atomic E-state index is 0.00685. The summed E-state index contributed by atoms with van der Waals surface area (Å²) in [6, 6.07) is 0.00685. The summed E-state index contributed by atoms with van der Waals surface area (Å²) < 4.78 is 7.60. The van der Waals surface area contributed by atoms with Crippen LogP contribution in [0.1, 0.15) is 47.7 Å². The van der Waals surface area contributed by atoms with E-state index in [1.54, 1.807) is 6.20 Å². The van der Waals surface area contributed by atoms with Gasteiger partial charge in [-0.3, -0.25) is 4.68 Å². The fourth-order valence-corrected chi connectivity index (χ4v) is 2.88. The second-order valence-corrected chi connectivity index (χ2v) is 5.55. The monoisotopic (exact) mass is 295 g/mol. The second kappa shape index (κ2) is 6.02. The normalized spacial score (nSPS) is 12.9. The summed E-state index contributed by atoms with van der Waals surface area (Å²) in [4.78, 5) is 0. The van der Waals surface area contributed by atoms with Gasteiger partial charge in [0.25, 0.3) is 0 Å². The molecule has 2 aromatic rings. The number of nitrogens with one attached hydrogen (secondary N) is 1. The lowest BCUT2D eigenvalue weighted by Gasteiger charge is -2.20. The van der Waals surface area contributed by atoms with Crippen LogP contribution in [0.3, 0.4) is 0 Å². The highest BCUT2D eigenvalue weighted by molar-refractivity contribution is 6.31. The zero-order valence-corrected chi connectivity index (χ0v) is 13.5. The van der Waals surface area contributed by atoms with Crippen LogP contribution >= 0.6 is 11.6 Å². The molecule has 2 heterocycles. The molecule has 2 aromatic heterocycles. The molecule has 0 spiro atoms. The third-order valence-corrected chi connectivity index (χ3v) is 4.01. The van der Waals surface area contributed by atoms with Crippen molar-refractivity contribution in [2.45, 2.75) is 40.2 Å². The van der Waals surface area contributed by atoms with Crippen LogP contribution in [0.2, 0.25) is 5.02 Å². The fourth-order valence-electron chi connectivity index (χ4n) is 2.60. The van der Waals surface area contributed by atoms with Crippen LogP contribution in [-0.4, -0.2) is 16.3 Å². The standard InChI is InChI=1S/C15H22ClN3O/c1-6-7-17-14(15-12(16)8-18-19(15)5)13-9(2)10(3)20-11(13)4/h8,14,17H,6-7H2,1-5H3. The Bertz CT molecular complexity index is 581. The minimum absolute atomic E-state index is 0.00685. The molecule has 4 nitrogen and oxygen atoms in total. The van der Waals surface area contributed by atoms with Crippen molar-refractivity contribution >= 4 is 11.6 Å². The zero-order valence-electron chi connectivity index (χ0n) is 12.7. The van der Waals surface area contributed by atoms with Gasteiger partial charge < -0.3 is 9.73 Å². The molecule has 1 atom stereocenters. The summed E-state index contributed by atoms with van der Waals surface area (Å²) in [7, 11) is 1.92. The smallest absolute Gasteiger partial charge is 0.106 e. The van der Waals surface area contributed by atoms with Crippen molar-refractivity contribution in [1.82, 2.24) is 15.1 Å². The molecule has 0 aliphatic heterocycles. The van der Waals surface area contributed by atoms with E-state index in [4.69, 9.17) is 16.0 Å². The van der Waals surface area contributed by atoms with Gasteiger partial charge in [-0.2, -0.15) is 5.10 Å². The van der Waals surface area contributed by atoms with Gasteiger partial charge in [0.15, 0.2) is 0 Å². The van der Waals surface area contributed by atoms with Crippen LogP contribution in [0.4, 0.5) is 0 Å². The van der Waals surface area contributed by atoms with Crippen molar-refractivity contribution in [3.63, 3.8) is 0 Å². The third kappa shape index (κ3) is 2.63. The van der Waals surface area contributed by atoms with Gasteiger partial charge in [0.2, 0.25) is 0 Å². The average Bonchev–Trinajstić information content (AvgIpc) is 2.85. The van der Waals surface area contributed by atoms with E-state index in [0.717, 1.165) is 30.2 Å². The topological polar surface area (TPSA) is 43.0 Å². The molecular formula is C15H22ClN3O. The summed E-state index contributed by atoms with van der Waals surface area (Å²) >= 11 is 6.33. The summed E-state index contributed by atoms with van der Waals surface area (Å²) in [5.74, 6) is 1.89.